The van der Waals surface area contributed by atoms with E-state index in [9.17, 15) is 13.2 Å². The molecule has 0 aromatic heterocycles. The largest absolute Gasteiger partial charge is 0.481 e. The third-order valence-electron chi connectivity index (χ3n) is 1.18. The number of carboxylic acids is 1. The topological polar surface area (TPSA) is 83.5 Å². The van der Waals surface area contributed by atoms with Crippen LogP contribution in [0, 0.1) is 12.3 Å². The Kier molecular flexibility index (Phi) is 5.11. The van der Waals surface area contributed by atoms with Crippen LogP contribution in [-0.2, 0) is 14.8 Å². The maximum Gasteiger partial charge on any atom is 0.304 e. The minimum atomic E-state index is -3.48. The first-order valence-electron chi connectivity index (χ1n) is 3.60. The zero-order valence-corrected chi connectivity index (χ0v) is 7.80. The lowest BCUT2D eigenvalue weighted by molar-refractivity contribution is -0.136. The Balaban J connectivity index is 3.82. The van der Waals surface area contributed by atoms with Crippen molar-refractivity contribution in [3.8, 4) is 12.3 Å². The minimum Gasteiger partial charge on any atom is -0.481 e. The number of rotatable bonds is 6. The molecular weight excluding hydrogens is 194 g/mol. The van der Waals surface area contributed by atoms with Crippen LogP contribution in [0.5, 0.6) is 0 Å². The molecule has 0 aromatic rings. The molecule has 74 valence electrons. The van der Waals surface area contributed by atoms with Crippen molar-refractivity contribution >= 4 is 16.0 Å². The van der Waals surface area contributed by atoms with Crippen molar-refractivity contribution in [2.75, 3.05) is 12.3 Å². The summed E-state index contributed by atoms with van der Waals surface area (Å²) in [5.41, 5.74) is 0. The Bertz CT molecular complexity index is 301. The molecule has 0 radical (unpaired) electrons. The van der Waals surface area contributed by atoms with Crippen molar-refractivity contribution in [2.24, 2.45) is 0 Å². The van der Waals surface area contributed by atoms with Crippen LogP contribution in [0.25, 0.3) is 0 Å². The highest BCUT2D eigenvalue weighted by molar-refractivity contribution is 7.89. The lowest BCUT2D eigenvalue weighted by atomic mass is 10.5. The normalized spacial score (nSPS) is 10.7. The van der Waals surface area contributed by atoms with Gasteiger partial charge in [-0.3, -0.25) is 4.79 Å². The van der Waals surface area contributed by atoms with E-state index in [1.165, 1.54) is 0 Å². The van der Waals surface area contributed by atoms with Crippen LogP contribution in [0.1, 0.15) is 12.8 Å². The summed E-state index contributed by atoms with van der Waals surface area (Å²) >= 11 is 0. The van der Waals surface area contributed by atoms with E-state index in [1.54, 1.807) is 0 Å². The molecule has 5 nitrogen and oxygen atoms in total. The second kappa shape index (κ2) is 5.56. The number of terminal acetylenes is 1. The van der Waals surface area contributed by atoms with Crippen molar-refractivity contribution in [1.29, 1.82) is 0 Å². The maximum absolute atomic E-state index is 11.0. The quantitative estimate of drug-likeness (QED) is 0.448. The summed E-state index contributed by atoms with van der Waals surface area (Å²) in [5.74, 6) is 0.715. The highest BCUT2D eigenvalue weighted by atomic mass is 32.2. The molecule has 0 unspecified atom stereocenters. The Morgan fingerprint density at radius 2 is 2.15 bits per heavy atom. The summed E-state index contributed by atoms with van der Waals surface area (Å²) in [6.07, 6.45) is 4.80. The van der Waals surface area contributed by atoms with E-state index in [0.29, 0.717) is 6.42 Å². The summed E-state index contributed by atoms with van der Waals surface area (Å²) in [7, 11) is -3.48. The second-order valence-electron chi connectivity index (χ2n) is 2.31. The number of carbonyl (C=O) groups is 1. The van der Waals surface area contributed by atoms with Gasteiger partial charge in [0.15, 0.2) is 0 Å². The highest BCUT2D eigenvalue weighted by Crippen LogP contribution is 1.89. The van der Waals surface area contributed by atoms with Gasteiger partial charge in [-0.1, -0.05) is 0 Å². The van der Waals surface area contributed by atoms with E-state index in [-0.39, 0.29) is 6.54 Å². The van der Waals surface area contributed by atoms with Crippen LogP contribution >= 0.6 is 0 Å². The number of nitrogens with one attached hydrogen (secondary N) is 1. The molecule has 6 heteroatoms. The zero-order valence-electron chi connectivity index (χ0n) is 6.99. The molecule has 0 spiro atoms. The van der Waals surface area contributed by atoms with Gasteiger partial charge < -0.3 is 5.11 Å². The van der Waals surface area contributed by atoms with Gasteiger partial charge in [0.25, 0.3) is 0 Å². The molecule has 0 aliphatic carbocycles. The molecule has 0 aliphatic heterocycles. The van der Waals surface area contributed by atoms with Crippen LogP contribution in [0.3, 0.4) is 0 Å². The Hall–Kier alpha value is -1.06. The van der Waals surface area contributed by atoms with Gasteiger partial charge in [-0.15, -0.1) is 12.3 Å². The fourth-order valence-electron chi connectivity index (χ4n) is 0.573. The fourth-order valence-corrected chi connectivity index (χ4v) is 1.57. The monoisotopic (exact) mass is 205 g/mol. The van der Waals surface area contributed by atoms with E-state index >= 15 is 0 Å². The van der Waals surface area contributed by atoms with E-state index in [4.69, 9.17) is 11.5 Å². The molecule has 0 saturated carbocycles. The summed E-state index contributed by atoms with van der Waals surface area (Å²) < 4.78 is 24.1. The fraction of sp³-hybridized carbons (Fsp3) is 0.571. The highest BCUT2D eigenvalue weighted by Gasteiger charge is 2.11. The summed E-state index contributed by atoms with van der Waals surface area (Å²) in [6, 6.07) is 0. The van der Waals surface area contributed by atoms with Gasteiger partial charge >= 0.3 is 5.97 Å². The number of aliphatic carboxylic acids is 1. The van der Waals surface area contributed by atoms with Crippen LogP contribution in [0.15, 0.2) is 0 Å². The predicted octanol–water partition coefficient (Wildman–Crippen LogP) is -0.596. The molecule has 0 aromatic carbocycles. The molecule has 0 atom stereocenters. The average molecular weight is 205 g/mol. The smallest absolute Gasteiger partial charge is 0.304 e. The average Bonchev–Trinajstić information content (AvgIpc) is 2.02. The first-order chi connectivity index (χ1) is 5.98. The Morgan fingerprint density at radius 3 is 2.62 bits per heavy atom. The third kappa shape index (κ3) is 7.31. The number of sulfonamides is 1. The van der Waals surface area contributed by atoms with E-state index in [0.717, 1.165) is 0 Å². The zero-order chi connectivity index (χ0) is 10.3. The third-order valence-corrected chi connectivity index (χ3v) is 2.56. The summed E-state index contributed by atoms with van der Waals surface area (Å²) in [4.78, 5) is 10.1. The molecule has 0 rings (SSSR count). The lowest BCUT2D eigenvalue weighted by Crippen LogP contribution is -2.28. The molecule has 0 aliphatic rings. The van der Waals surface area contributed by atoms with Gasteiger partial charge in [0.1, 0.15) is 0 Å². The first-order valence-corrected chi connectivity index (χ1v) is 5.26. The van der Waals surface area contributed by atoms with Crippen molar-refractivity contribution in [2.45, 2.75) is 12.8 Å². The van der Waals surface area contributed by atoms with Crippen LogP contribution in [-0.4, -0.2) is 31.8 Å². The van der Waals surface area contributed by atoms with E-state index in [1.807, 2.05) is 0 Å². The molecule has 0 saturated heterocycles. The van der Waals surface area contributed by atoms with Crippen LogP contribution < -0.4 is 4.72 Å². The second-order valence-corrected chi connectivity index (χ2v) is 4.24. The maximum atomic E-state index is 11.0. The molecule has 0 amide bonds. The summed E-state index contributed by atoms with van der Waals surface area (Å²) in [5, 5.41) is 8.22. The van der Waals surface area contributed by atoms with Gasteiger partial charge in [0, 0.05) is 13.0 Å². The van der Waals surface area contributed by atoms with Crippen molar-refractivity contribution < 1.29 is 18.3 Å². The molecule has 0 fully saturated rings. The van der Waals surface area contributed by atoms with Gasteiger partial charge in [-0.25, -0.2) is 13.1 Å². The molecule has 13 heavy (non-hydrogen) atoms. The Labute approximate surface area is 77.2 Å². The predicted molar refractivity (Wildman–Crippen MR) is 47.5 cm³/mol. The Morgan fingerprint density at radius 1 is 1.54 bits per heavy atom. The van der Waals surface area contributed by atoms with Gasteiger partial charge in [-0.05, 0) is 0 Å². The van der Waals surface area contributed by atoms with Crippen LogP contribution in [0.4, 0.5) is 0 Å². The van der Waals surface area contributed by atoms with E-state index < -0.39 is 28.2 Å². The summed E-state index contributed by atoms with van der Waals surface area (Å²) in [6.45, 7) is 0.151. The van der Waals surface area contributed by atoms with Gasteiger partial charge in [0.2, 0.25) is 10.0 Å². The molecule has 0 bridgehead atoms. The SMILES string of the molecule is C#CCCNS(=O)(=O)CCC(=O)O. The number of carboxylic acid groups (broad SMARTS) is 1. The number of hydrogen-bond donors (Lipinski definition) is 2. The van der Waals surface area contributed by atoms with Gasteiger partial charge in [-0.2, -0.15) is 0 Å². The lowest BCUT2D eigenvalue weighted by Gasteiger charge is -2.02. The van der Waals surface area contributed by atoms with Crippen molar-refractivity contribution in [3.63, 3.8) is 0 Å². The van der Waals surface area contributed by atoms with Gasteiger partial charge in [0.05, 0.1) is 12.2 Å². The van der Waals surface area contributed by atoms with Crippen LogP contribution in [0.2, 0.25) is 0 Å². The molecule has 0 heterocycles. The van der Waals surface area contributed by atoms with Crippen molar-refractivity contribution in [1.82, 2.24) is 4.72 Å². The molecule has 2 N–H and O–H groups in total. The first kappa shape index (κ1) is 11.9. The standard InChI is InChI=1S/C7H11NO4S/c1-2-3-5-8-13(11,12)6-4-7(9)10/h1,8H,3-6H2,(H,9,10). The van der Waals surface area contributed by atoms with E-state index in [2.05, 4.69) is 10.6 Å². The molecular formula is C7H11NO4S. The number of hydrogen-bond acceptors (Lipinski definition) is 3. The van der Waals surface area contributed by atoms with Crippen molar-refractivity contribution in [3.05, 3.63) is 0 Å². The minimum absolute atomic E-state index is 0.151.